The van der Waals surface area contributed by atoms with Gasteiger partial charge in [-0.1, -0.05) is 35.8 Å². The Morgan fingerprint density at radius 1 is 1.22 bits per heavy atom. The van der Waals surface area contributed by atoms with Gasteiger partial charge in [0.25, 0.3) is 5.91 Å². The number of fused-ring (bicyclic) bond motifs is 2. The number of rotatable bonds is 2. The van der Waals surface area contributed by atoms with Crippen molar-refractivity contribution in [2.24, 2.45) is 5.73 Å². The average molecular weight is 311 g/mol. The third-order valence-electron chi connectivity index (χ3n) is 5.02. The van der Waals surface area contributed by atoms with E-state index in [1.807, 2.05) is 18.2 Å². The zero-order chi connectivity index (χ0) is 15.8. The predicted octanol–water partition coefficient (Wildman–Crippen LogP) is 2.30. The monoisotopic (exact) mass is 311 g/mol. The van der Waals surface area contributed by atoms with Crippen LogP contribution >= 0.6 is 0 Å². The van der Waals surface area contributed by atoms with E-state index in [4.69, 9.17) is 10.3 Å². The van der Waals surface area contributed by atoms with Crippen LogP contribution < -0.4 is 11.1 Å². The lowest BCUT2D eigenvalue weighted by atomic mass is 10.1. The molecule has 2 aromatic rings. The van der Waals surface area contributed by atoms with Crippen molar-refractivity contribution in [2.75, 3.05) is 0 Å². The van der Waals surface area contributed by atoms with Gasteiger partial charge in [0.15, 0.2) is 5.69 Å². The van der Waals surface area contributed by atoms with Crippen molar-refractivity contribution in [3.8, 4) is 0 Å². The summed E-state index contributed by atoms with van der Waals surface area (Å²) in [6.07, 6.45) is 5.88. The molecular formula is C18H21N3O2. The van der Waals surface area contributed by atoms with Crippen LogP contribution in [0.25, 0.3) is 0 Å². The second kappa shape index (κ2) is 5.81. The second-order valence-electron chi connectivity index (χ2n) is 6.50. The highest BCUT2D eigenvalue weighted by Gasteiger charge is 2.32. The predicted molar refractivity (Wildman–Crippen MR) is 86.1 cm³/mol. The lowest BCUT2D eigenvalue weighted by Crippen LogP contribution is -2.41. The number of nitrogens with one attached hydrogen (secondary N) is 1. The average Bonchev–Trinajstić information content (AvgIpc) is 3.01. The van der Waals surface area contributed by atoms with Crippen LogP contribution in [-0.4, -0.2) is 17.1 Å². The molecule has 120 valence electrons. The molecule has 3 N–H and O–H groups in total. The highest BCUT2D eigenvalue weighted by molar-refractivity contribution is 5.94. The number of carbonyl (C=O) groups is 1. The molecule has 5 nitrogen and oxygen atoms in total. The van der Waals surface area contributed by atoms with Gasteiger partial charge in [0.2, 0.25) is 0 Å². The third kappa shape index (κ3) is 2.55. The van der Waals surface area contributed by atoms with E-state index in [1.54, 1.807) is 0 Å². The summed E-state index contributed by atoms with van der Waals surface area (Å²) in [4.78, 5) is 12.7. The highest BCUT2D eigenvalue weighted by atomic mass is 16.5. The zero-order valence-corrected chi connectivity index (χ0v) is 13.0. The van der Waals surface area contributed by atoms with Crippen molar-refractivity contribution in [1.82, 2.24) is 10.5 Å². The molecular weight excluding hydrogens is 290 g/mol. The van der Waals surface area contributed by atoms with Gasteiger partial charge in [-0.25, -0.2) is 0 Å². The van der Waals surface area contributed by atoms with E-state index in [1.165, 1.54) is 12.0 Å². The van der Waals surface area contributed by atoms with E-state index in [9.17, 15) is 4.79 Å². The summed E-state index contributed by atoms with van der Waals surface area (Å²) in [6, 6.07) is 7.85. The summed E-state index contributed by atoms with van der Waals surface area (Å²) in [7, 11) is 0. The molecule has 1 heterocycles. The van der Waals surface area contributed by atoms with Gasteiger partial charge in [0.1, 0.15) is 5.76 Å². The molecule has 0 aliphatic heterocycles. The Balaban J connectivity index is 1.52. The number of hydrogen-bond donors (Lipinski definition) is 2. The lowest BCUT2D eigenvalue weighted by Gasteiger charge is -2.17. The Morgan fingerprint density at radius 3 is 2.91 bits per heavy atom. The topological polar surface area (TPSA) is 81.1 Å². The van der Waals surface area contributed by atoms with Gasteiger partial charge >= 0.3 is 0 Å². The fourth-order valence-electron chi connectivity index (χ4n) is 3.74. The molecule has 2 aliphatic rings. The third-order valence-corrected chi connectivity index (χ3v) is 5.02. The van der Waals surface area contributed by atoms with Crippen LogP contribution in [0.15, 0.2) is 28.8 Å². The Morgan fingerprint density at radius 2 is 2.04 bits per heavy atom. The summed E-state index contributed by atoms with van der Waals surface area (Å²) in [5.41, 5.74) is 10.1. The number of amides is 1. The minimum atomic E-state index is -0.166. The van der Waals surface area contributed by atoms with Gasteiger partial charge < -0.3 is 15.6 Å². The first-order chi connectivity index (χ1) is 11.2. The number of carbonyl (C=O) groups excluding carboxylic acids is 1. The molecule has 0 radical (unpaired) electrons. The molecule has 1 aromatic heterocycles. The Bertz CT molecular complexity index is 738. The number of aryl methyl sites for hydroxylation is 1. The molecule has 0 unspecified atom stereocenters. The Hall–Kier alpha value is -2.14. The van der Waals surface area contributed by atoms with Crippen molar-refractivity contribution in [1.29, 1.82) is 0 Å². The van der Waals surface area contributed by atoms with Gasteiger partial charge in [0.05, 0.1) is 12.1 Å². The molecule has 0 fully saturated rings. The van der Waals surface area contributed by atoms with Crippen LogP contribution in [0, 0.1) is 0 Å². The molecule has 0 saturated carbocycles. The molecule has 0 saturated heterocycles. The minimum absolute atomic E-state index is 0.0852. The van der Waals surface area contributed by atoms with E-state index in [0.717, 1.165) is 49.0 Å². The van der Waals surface area contributed by atoms with Gasteiger partial charge in [-0.2, -0.15) is 0 Å². The van der Waals surface area contributed by atoms with Gasteiger partial charge in [-0.3, -0.25) is 4.79 Å². The number of nitrogens with zero attached hydrogens (tertiary/aromatic N) is 1. The molecule has 2 aliphatic carbocycles. The Labute approximate surface area is 135 Å². The van der Waals surface area contributed by atoms with Crippen LogP contribution in [0.2, 0.25) is 0 Å². The van der Waals surface area contributed by atoms with Crippen molar-refractivity contribution < 1.29 is 9.32 Å². The fourth-order valence-corrected chi connectivity index (χ4v) is 3.74. The number of aromatic nitrogens is 1. The summed E-state index contributed by atoms with van der Waals surface area (Å²) in [5, 5.41) is 7.09. The van der Waals surface area contributed by atoms with Crippen LogP contribution in [0.5, 0.6) is 0 Å². The highest BCUT2D eigenvalue weighted by Crippen LogP contribution is 2.30. The standard InChI is InChI=1S/C18H21N3O2/c19-16-12-7-5-4-6-11(12)10-14(16)20-18(22)17-13-8-2-1-3-9-15(13)23-21-17/h4-7,14,16H,1-3,8-10,19H2,(H,20,22)/t14-,16-/m1/s1. The lowest BCUT2D eigenvalue weighted by molar-refractivity contribution is 0.0923. The van der Waals surface area contributed by atoms with Crippen molar-refractivity contribution in [3.63, 3.8) is 0 Å². The fraction of sp³-hybridized carbons (Fsp3) is 0.444. The minimum Gasteiger partial charge on any atom is -0.360 e. The molecule has 0 bridgehead atoms. The van der Waals surface area contributed by atoms with Crippen LogP contribution in [-0.2, 0) is 19.3 Å². The SMILES string of the molecule is N[C@@H]1c2ccccc2C[C@H]1NC(=O)c1noc2c1CCCCC2. The first kappa shape index (κ1) is 14.5. The van der Waals surface area contributed by atoms with Crippen LogP contribution in [0.3, 0.4) is 0 Å². The summed E-state index contributed by atoms with van der Waals surface area (Å²) < 4.78 is 5.40. The number of hydrogen-bond acceptors (Lipinski definition) is 4. The molecule has 4 rings (SSSR count). The maximum absolute atomic E-state index is 12.7. The number of nitrogens with two attached hydrogens (primary N) is 1. The summed E-state index contributed by atoms with van der Waals surface area (Å²) in [5.74, 6) is 0.719. The summed E-state index contributed by atoms with van der Waals surface area (Å²) in [6.45, 7) is 0. The maximum Gasteiger partial charge on any atom is 0.274 e. The first-order valence-corrected chi connectivity index (χ1v) is 8.35. The van der Waals surface area contributed by atoms with E-state index in [0.29, 0.717) is 5.69 Å². The van der Waals surface area contributed by atoms with E-state index in [-0.39, 0.29) is 18.0 Å². The van der Waals surface area contributed by atoms with Gasteiger partial charge in [0, 0.05) is 12.0 Å². The van der Waals surface area contributed by atoms with Gasteiger partial charge in [-0.15, -0.1) is 0 Å². The summed E-state index contributed by atoms with van der Waals surface area (Å²) >= 11 is 0. The smallest absolute Gasteiger partial charge is 0.274 e. The van der Waals surface area contributed by atoms with Crippen molar-refractivity contribution >= 4 is 5.91 Å². The van der Waals surface area contributed by atoms with Crippen molar-refractivity contribution in [3.05, 3.63) is 52.4 Å². The van der Waals surface area contributed by atoms with Crippen LogP contribution in [0.4, 0.5) is 0 Å². The largest absolute Gasteiger partial charge is 0.360 e. The zero-order valence-electron chi connectivity index (χ0n) is 13.0. The Kier molecular flexibility index (Phi) is 3.65. The van der Waals surface area contributed by atoms with Crippen molar-refractivity contribution in [2.45, 2.75) is 50.6 Å². The van der Waals surface area contributed by atoms with Gasteiger partial charge in [-0.05, 0) is 36.8 Å². The maximum atomic E-state index is 12.7. The first-order valence-electron chi connectivity index (χ1n) is 8.35. The molecule has 2 atom stereocenters. The molecule has 0 spiro atoms. The normalized spacial score (nSPS) is 23.0. The molecule has 1 aromatic carbocycles. The number of benzene rings is 1. The van der Waals surface area contributed by atoms with Crippen LogP contribution in [0.1, 0.15) is 58.2 Å². The van der Waals surface area contributed by atoms with E-state index in [2.05, 4.69) is 16.5 Å². The molecule has 5 heteroatoms. The quantitative estimate of drug-likeness (QED) is 0.834. The second-order valence-corrected chi connectivity index (χ2v) is 6.50. The van der Waals surface area contributed by atoms with E-state index >= 15 is 0 Å². The molecule has 23 heavy (non-hydrogen) atoms. The van der Waals surface area contributed by atoms with E-state index < -0.39 is 0 Å². The molecule has 1 amide bonds.